The van der Waals surface area contributed by atoms with E-state index in [9.17, 15) is 4.57 Å². The van der Waals surface area contributed by atoms with Crippen LogP contribution in [0, 0.1) is 5.51 Å². The molecule has 0 saturated heterocycles. The molecule has 0 amide bonds. The van der Waals surface area contributed by atoms with Crippen molar-refractivity contribution >= 4 is 19.8 Å². The highest BCUT2D eigenvalue weighted by Gasteiger charge is 2.37. The highest BCUT2D eigenvalue weighted by Crippen LogP contribution is 2.37. The van der Waals surface area contributed by atoms with Gasteiger partial charge in [-0.2, -0.15) is 0 Å². The van der Waals surface area contributed by atoms with E-state index in [2.05, 4.69) is 10.5 Å². The standard InChI is InChI=1S/C8H11NO3PS/c1-3-11-8(13-10,12-4-2)7-5-14-6-9-7/h5H,3-4H2,1-2H3. The summed E-state index contributed by atoms with van der Waals surface area (Å²) >= 11 is 1.29. The maximum atomic E-state index is 11.1. The van der Waals surface area contributed by atoms with Crippen molar-refractivity contribution in [1.29, 1.82) is 0 Å². The molecule has 1 radical (unpaired) electrons. The third kappa shape index (κ3) is 2.36. The van der Waals surface area contributed by atoms with Gasteiger partial charge in [0.2, 0.25) is 8.46 Å². The average Bonchev–Trinajstić information content (AvgIpc) is 2.70. The number of rotatable bonds is 6. The molecule has 0 saturated carbocycles. The van der Waals surface area contributed by atoms with Gasteiger partial charge in [-0.3, -0.25) is 4.57 Å². The van der Waals surface area contributed by atoms with Gasteiger partial charge in [0.25, 0.3) is 5.53 Å². The van der Waals surface area contributed by atoms with Crippen LogP contribution in [0.25, 0.3) is 0 Å². The minimum atomic E-state index is -1.25. The van der Waals surface area contributed by atoms with Gasteiger partial charge in [0, 0.05) is 18.6 Å². The number of nitrogens with zero attached hydrogens (tertiary/aromatic N) is 1. The fraction of sp³-hybridized carbons (Fsp3) is 0.625. The Labute approximate surface area is 88.5 Å². The first-order valence-electron chi connectivity index (χ1n) is 4.23. The molecule has 0 N–H and O–H groups in total. The van der Waals surface area contributed by atoms with Gasteiger partial charge in [0.1, 0.15) is 5.69 Å². The summed E-state index contributed by atoms with van der Waals surface area (Å²) < 4.78 is 21.8. The molecule has 1 heterocycles. The summed E-state index contributed by atoms with van der Waals surface area (Å²) in [6.45, 7) is 4.45. The highest BCUT2D eigenvalue weighted by molar-refractivity contribution is 7.25. The third-order valence-electron chi connectivity index (χ3n) is 1.51. The first-order chi connectivity index (χ1) is 6.79. The molecule has 0 atom stereocenters. The molecule has 0 aliphatic rings. The lowest BCUT2D eigenvalue weighted by atomic mass is 10.4. The van der Waals surface area contributed by atoms with Crippen LogP contribution in [0.15, 0.2) is 5.38 Å². The molecule has 14 heavy (non-hydrogen) atoms. The van der Waals surface area contributed by atoms with Gasteiger partial charge in [-0.05, 0) is 13.8 Å². The minimum absolute atomic E-state index is 0.245. The van der Waals surface area contributed by atoms with E-state index >= 15 is 0 Å². The predicted molar refractivity (Wildman–Crippen MR) is 53.5 cm³/mol. The molecule has 1 rings (SSSR count). The van der Waals surface area contributed by atoms with Crippen molar-refractivity contribution in [2.75, 3.05) is 13.2 Å². The molecule has 0 fully saturated rings. The van der Waals surface area contributed by atoms with Crippen molar-refractivity contribution in [2.45, 2.75) is 19.4 Å². The van der Waals surface area contributed by atoms with Crippen molar-refractivity contribution in [3.05, 3.63) is 16.6 Å². The fourth-order valence-electron chi connectivity index (χ4n) is 1.01. The fourth-order valence-corrected chi connectivity index (χ4v) is 2.19. The predicted octanol–water partition coefficient (Wildman–Crippen LogP) is 2.42. The summed E-state index contributed by atoms with van der Waals surface area (Å²) in [5.74, 6) is 0. The van der Waals surface area contributed by atoms with Crippen LogP contribution in [0.1, 0.15) is 19.5 Å². The molecule has 0 unspecified atom stereocenters. The van der Waals surface area contributed by atoms with Crippen LogP contribution in [0.2, 0.25) is 0 Å². The number of thiazole rings is 1. The zero-order valence-electron chi connectivity index (χ0n) is 8.02. The van der Waals surface area contributed by atoms with Crippen LogP contribution < -0.4 is 0 Å². The first-order valence-corrected chi connectivity index (χ1v) is 5.92. The Bertz CT molecular complexity index is 272. The summed E-state index contributed by atoms with van der Waals surface area (Å²) in [5.41, 5.74) is 1.93. The van der Waals surface area contributed by atoms with E-state index in [0.717, 1.165) is 0 Å². The largest absolute Gasteiger partial charge is 0.336 e. The van der Waals surface area contributed by atoms with Gasteiger partial charge < -0.3 is 9.47 Å². The Morgan fingerprint density at radius 2 is 2.21 bits per heavy atom. The van der Waals surface area contributed by atoms with Gasteiger partial charge in [0.15, 0.2) is 5.51 Å². The molecule has 6 heteroatoms. The molecule has 1 aromatic rings. The Kier molecular flexibility index (Phi) is 4.62. The maximum Gasteiger partial charge on any atom is 0.297 e. The van der Waals surface area contributed by atoms with Crippen molar-refractivity contribution in [3.63, 3.8) is 0 Å². The number of ether oxygens (including phenoxy) is 2. The van der Waals surface area contributed by atoms with Gasteiger partial charge in [-0.25, -0.2) is 4.98 Å². The normalized spacial score (nSPS) is 12.1. The van der Waals surface area contributed by atoms with Crippen LogP contribution >= 0.6 is 19.8 Å². The van der Waals surface area contributed by atoms with Crippen LogP contribution in [-0.2, 0) is 19.6 Å². The molecule has 0 bridgehead atoms. The zero-order valence-corrected chi connectivity index (χ0v) is 9.73. The molecular formula is C8H11NO3PS. The average molecular weight is 232 g/mol. The summed E-state index contributed by atoms with van der Waals surface area (Å²) in [6.07, 6.45) is 0. The Hall–Kier alpha value is -0.350. The van der Waals surface area contributed by atoms with Crippen LogP contribution in [0.4, 0.5) is 0 Å². The molecule has 4 nitrogen and oxygen atoms in total. The van der Waals surface area contributed by atoms with E-state index in [0.29, 0.717) is 18.9 Å². The van der Waals surface area contributed by atoms with Crippen LogP contribution in [0.3, 0.4) is 0 Å². The summed E-state index contributed by atoms with van der Waals surface area (Å²) in [4.78, 5) is 3.93. The van der Waals surface area contributed by atoms with Crippen molar-refractivity contribution in [3.8, 4) is 0 Å². The van der Waals surface area contributed by atoms with Crippen LogP contribution in [0.5, 0.6) is 0 Å². The van der Waals surface area contributed by atoms with Crippen molar-refractivity contribution in [2.24, 2.45) is 0 Å². The Morgan fingerprint density at radius 1 is 1.57 bits per heavy atom. The second-order valence-corrected chi connectivity index (χ2v) is 3.79. The maximum absolute atomic E-state index is 11.1. The molecule has 0 spiro atoms. The third-order valence-corrected chi connectivity index (χ3v) is 2.78. The minimum Gasteiger partial charge on any atom is -0.336 e. The lowest BCUT2D eigenvalue weighted by molar-refractivity contribution is -0.178. The lowest BCUT2D eigenvalue weighted by Gasteiger charge is -2.23. The quantitative estimate of drug-likeness (QED) is 0.558. The molecule has 1 aromatic heterocycles. The van der Waals surface area contributed by atoms with E-state index in [-0.39, 0.29) is 8.46 Å². The summed E-state index contributed by atoms with van der Waals surface area (Å²) in [7, 11) is -0.245. The number of hydrogen-bond acceptors (Lipinski definition) is 5. The molecule has 0 aromatic carbocycles. The number of aromatic nitrogens is 1. The van der Waals surface area contributed by atoms with Crippen molar-refractivity contribution < 1.29 is 14.0 Å². The van der Waals surface area contributed by atoms with Crippen LogP contribution in [-0.4, -0.2) is 18.2 Å². The van der Waals surface area contributed by atoms with E-state index in [1.54, 1.807) is 5.38 Å². The molecule has 0 aliphatic heterocycles. The first kappa shape index (κ1) is 11.7. The SMILES string of the molecule is CCOC(OCC)(P=O)c1cs[c]n1. The molecule has 0 aliphatic carbocycles. The van der Waals surface area contributed by atoms with Crippen molar-refractivity contribution in [1.82, 2.24) is 4.98 Å². The van der Waals surface area contributed by atoms with Gasteiger partial charge in [-0.15, -0.1) is 11.3 Å². The molecular weight excluding hydrogens is 221 g/mol. The van der Waals surface area contributed by atoms with Gasteiger partial charge in [0.05, 0.1) is 0 Å². The van der Waals surface area contributed by atoms with E-state index in [1.165, 1.54) is 11.3 Å². The highest BCUT2D eigenvalue weighted by atomic mass is 32.1. The van der Waals surface area contributed by atoms with E-state index < -0.39 is 5.53 Å². The van der Waals surface area contributed by atoms with E-state index in [1.807, 2.05) is 13.8 Å². The monoisotopic (exact) mass is 232 g/mol. The second-order valence-electron chi connectivity index (χ2n) is 2.36. The zero-order chi connectivity index (χ0) is 10.4. The smallest absolute Gasteiger partial charge is 0.297 e. The summed E-state index contributed by atoms with van der Waals surface area (Å²) in [5, 5.41) is 1.72. The number of hydrogen-bond donors (Lipinski definition) is 0. The second kappa shape index (κ2) is 5.51. The van der Waals surface area contributed by atoms with Gasteiger partial charge in [-0.1, -0.05) is 0 Å². The van der Waals surface area contributed by atoms with Gasteiger partial charge >= 0.3 is 0 Å². The Balaban J connectivity index is 2.94. The Morgan fingerprint density at radius 3 is 2.57 bits per heavy atom. The topological polar surface area (TPSA) is 48.4 Å². The lowest BCUT2D eigenvalue weighted by Crippen LogP contribution is -2.27. The summed E-state index contributed by atoms with van der Waals surface area (Å²) in [6, 6.07) is 0. The molecule has 77 valence electrons. The van der Waals surface area contributed by atoms with E-state index in [4.69, 9.17) is 9.47 Å².